The largest absolute Gasteiger partial charge is 0.372 e. The third-order valence-corrected chi connectivity index (χ3v) is 7.44. The summed E-state index contributed by atoms with van der Waals surface area (Å²) in [6.45, 7) is 4.03. The molecule has 4 atom stereocenters. The Bertz CT molecular complexity index is 866. The van der Waals surface area contributed by atoms with Crippen LogP contribution in [0.2, 0.25) is 0 Å². The van der Waals surface area contributed by atoms with Gasteiger partial charge in [0.1, 0.15) is 5.60 Å². The molecule has 4 fully saturated rings. The summed E-state index contributed by atoms with van der Waals surface area (Å²) >= 11 is 0. The standard InChI is InChI=1S/C24H28O4/c1-4-9-18-20(26)23(19(25)16-10-7-6-8-11-16)15-17-12-14-22(13-5-2,21(23)27)24(17,18)28-3/h6-11,17H,4-5,12-15H2,1-3H3/t17-,22?,23-,24+/m1/s1. The highest BCUT2D eigenvalue weighted by atomic mass is 16.5. The van der Waals surface area contributed by atoms with Crippen molar-refractivity contribution in [3.63, 3.8) is 0 Å². The van der Waals surface area contributed by atoms with Crippen LogP contribution in [-0.2, 0) is 14.3 Å². The van der Waals surface area contributed by atoms with Crippen LogP contribution in [0.5, 0.6) is 0 Å². The van der Waals surface area contributed by atoms with E-state index >= 15 is 0 Å². The van der Waals surface area contributed by atoms with Crippen LogP contribution in [0.1, 0.15) is 62.7 Å². The Morgan fingerprint density at radius 1 is 1.21 bits per heavy atom. The van der Waals surface area contributed by atoms with Gasteiger partial charge in [-0.15, -0.1) is 0 Å². The summed E-state index contributed by atoms with van der Waals surface area (Å²) in [7, 11) is 1.63. The maximum atomic E-state index is 14.1. The number of methoxy groups -OCH3 is 1. The molecular formula is C24H28O4. The van der Waals surface area contributed by atoms with E-state index in [2.05, 4.69) is 6.92 Å². The van der Waals surface area contributed by atoms with E-state index in [1.807, 2.05) is 19.1 Å². The van der Waals surface area contributed by atoms with Crippen LogP contribution in [0.25, 0.3) is 0 Å². The zero-order valence-corrected chi connectivity index (χ0v) is 16.9. The Morgan fingerprint density at radius 3 is 2.54 bits per heavy atom. The predicted molar refractivity (Wildman–Crippen MR) is 106 cm³/mol. The van der Waals surface area contributed by atoms with Crippen molar-refractivity contribution in [1.29, 1.82) is 0 Å². The predicted octanol–water partition coefficient (Wildman–Crippen LogP) is 4.33. The van der Waals surface area contributed by atoms with Crippen LogP contribution in [0.15, 0.2) is 42.0 Å². The molecule has 0 N–H and O–H groups in total. The van der Waals surface area contributed by atoms with E-state index in [9.17, 15) is 14.4 Å². The maximum absolute atomic E-state index is 14.1. The zero-order valence-electron chi connectivity index (χ0n) is 16.9. The minimum absolute atomic E-state index is 0.0184. The minimum atomic E-state index is -1.58. The highest BCUT2D eigenvalue weighted by Gasteiger charge is 2.81. The Morgan fingerprint density at radius 2 is 1.93 bits per heavy atom. The highest BCUT2D eigenvalue weighted by Crippen LogP contribution is 2.71. The van der Waals surface area contributed by atoms with Crippen molar-refractivity contribution in [3.8, 4) is 0 Å². The molecule has 4 bridgehead atoms. The summed E-state index contributed by atoms with van der Waals surface area (Å²) in [5.74, 6) is -0.823. The van der Waals surface area contributed by atoms with E-state index in [1.165, 1.54) is 0 Å². The maximum Gasteiger partial charge on any atom is 0.184 e. The van der Waals surface area contributed by atoms with Gasteiger partial charge in [0.15, 0.2) is 22.8 Å². The number of hydrogen-bond donors (Lipinski definition) is 0. The van der Waals surface area contributed by atoms with Crippen molar-refractivity contribution in [2.45, 2.75) is 58.0 Å². The van der Waals surface area contributed by atoms with Crippen LogP contribution in [-0.4, -0.2) is 30.1 Å². The summed E-state index contributed by atoms with van der Waals surface area (Å²) in [5.41, 5.74) is -2.22. The van der Waals surface area contributed by atoms with Gasteiger partial charge in [-0.05, 0) is 38.0 Å². The molecule has 4 aliphatic rings. The van der Waals surface area contributed by atoms with Gasteiger partial charge in [0.05, 0.1) is 5.41 Å². The monoisotopic (exact) mass is 380 g/mol. The first-order chi connectivity index (χ1) is 13.5. The van der Waals surface area contributed by atoms with Crippen molar-refractivity contribution in [3.05, 3.63) is 47.5 Å². The van der Waals surface area contributed by atoms with E-state index in [4.69, 9.17) is 4.74 Å². The molecule has 4 saturated carbocycles. The number of ketones is 3. The smallest absolute Gasteiger partial charge is 0.184 e. The molecule has 4 aliphatic carbocycles. The van der Waals surface area contributed by atoms with Crippen molar-refractivity contribution in [2.24, 2.45) is 16.7 Å². The third kappa shape index (κ3) is 1.97. The van der Waals surface area contributed by atoms with Gasteiger partial charge in [-0.1, -0.05) is 56.7 Å². The van der Waals surface area contributed by atoms with Crippen LogP contribution in [0.4, 0.5) is 0 Å². The molecule has 5 rings (SSSR count). The van der Waals surface area contributed by atoms with Crippen LogP contribution >= 0.6 is 0 Å². The minimum Gasteiger partial charge on any atom is -0.372 e. The summed E-state index contributed by atoms with van der Waals surface area (Å²) < 4.78 is 6.12. The molecule has 0 amide bonds. The molecular weight excluding hydrogens is 352 g/mol. The van der Waals surface area contributed by atoms with Crippen molar-refractivity contribution >= 4 is 17.3 Å². The Labute approximate surface area is 166 Å². The number of carbonyl (C=O) groups excluding carboxylic acids is 3. The van der Waals surface area contributed by atoms with Gasteiger partial charge in [-0.3, -0.25) is 14.4 Å². The van der Waals surface area contributed by atoms with E-state index in [0.29, 0.717) is 30.4 Å². The number of allylic oxidation sites excluding steroid dienone is 1. The molecule has 4 nitrogen and oxygen atoms in total. The Kier molecular flexibility index (Phi) is 4.46. The fourth-order valence-electron chi connectivity index (χ4n) is 6.58. The number of ether oxygens (including phenoxy) is 1. The first-order valence-corrected chi connectivity index (χ1v) is 10.4. The quantitative estimate of drug-likeness (QED) is 0.419. The summed E-state index contributed by atoms with van der Waals surface area (Å²) in [5, 5.41) is 0. The molecule has 28 heavy (non-hydrogen) atoms. The molecule has 0 heterocycles. The summed E-state index contributed by atoms with van der Waals surface area (Å²) in [6, 6.07) is 8.82. The number of benzene rings is 1. The highest BCUT2D eigenvalue weighted by molar-refractivity contribution is 6.36. The second-order valence-corrected chi connectivity index (χ2v) is 8.50. The second-order valence-electron chi connectivity index (χ2n) is 8.50. The average Bonchev–Trinajstić information content (AvgIpc) is 2.97. The first kappa shape index (κ1) is 19.3. The van der Waals surface area contributed by atoms with E-state index in [-0.39, 0.29) is 29.7 Å². The van der Waals surface area contributed by atoms with Crippen molar-refractivity contribution in [1.82, 2.24) is 0 Å². The van der Waals surface area contributed by atoms with Gasteiger partial charge >= 0.3 is 0 Å². The average molecular weight is 380 g/mol. The number of fused-ring (bicyclic) bond motifs is 1. The van der Waals surface area contributed by atoms with E-state index in [1.54, 1.807) is 31.4 Å². The number of carbonyl (C=O) groups is 3. The fourth-order valence-corrected chi connectivity index (χ4v) is 6.58. The first-order valence-electron chi connectivity index (χ1n) is 10.4. The lowest BCUT2D eigenvalue weighted by molar-refractivity contribution is -0.185. The molecule has 4 heteroatoms. The fraction of sp³-hybridized carbons (Fsp3) is 0.542. The van der Waals surface area contributed by atoms with Gasteiger partial charge in [-0.25, -0.2) is 0 Å². The molecule has 1 aromatic carbocycles. The lowest BCUT2D eigenvalue weighted by Gasteiger charge is -2.60. The Hall–Kier alpha value is -2.07. The molecule has 0 spiro atoms. The zero-order chi connectivity index (χ0) is 20.2. The van der Waals surface area contributed by atoms with Gasteiger partial charge in [0.25, 0.3) is 0 Å². The molecule has 0 radical (unpaired) electrons. The van der Waals surface area contributed by atoms with E-state index in [0.717, 1.165) is 12.8 Å². The van der Waals surface area contributed by atoms with Gasteiger partial charge in [-0.2, -0.15) is 0 Å². The van der Waals surface area contributed by atoms with Crippen LogP contribution in [0, 0.1) is 16.7 Å². The molecule has 0 aromatic heterocycles. The number of Topliss-reactive ketones (excluding diaryl/α,β-unsaturated/α-hetero) is 3. The second kappa shape index (κ2) is 6.48. The molecule has 148 valence electrons. The summed E-state index contributed by atoms with van der Waals surface area (Å²) in [6.07, 6.45) is 5.83. The normalized spacial score (nSPS) is 37.7. The topological polar surface area (TPSA) is 60.4 Å². The molecule has 1 unspecified atom stereocenters. The number of rotatable bonds is 6. The van der Waals surface area contributed by atoms with Crippen molar-refractivity contribution in [2.75, 3.05) is 7.11 Å². The molecule has 0 saturated heterocycles. The van der Waals surface area contributed by atoms with Gasteiger partial charge in [0.2, 0.25) is 0 Å². The Balaban J connectivity index is 2.00. The lowest BCUT2D eigenvalue weighted by Crippen LogP contribution is -2.74. The van der Waals surface area contributed by atoms with Crippen LogP contribution in [0.3, 0.4) is 0 Å². The SMILES string of the molecule is CCC=C1C(=O)[C@]2(C(=O)c3ccccc3)C[C@H]3CCC(CCC)(C2=O)[C@@]13OC. The molecule has 1 aromatic rings. The lowest BCUT2D eigenvalue weighted by atomic mass is 9.42. The van der Waals surface area contributed by atoms with Gasteiger partial charge < -0.3 is 4.74 Å². The van der Waals surface area contributed by atoms with Crippen LogP contribution < -0.4 is 0 Å². The molecule has 0 aliphatic heterocycles. The van der Waals surface area contributed by atoms with Crippen molar-refractivity contribution < 1.29 is 19.1 Å². The third-order valence-electron chi connectivity index (χ3n) is 7.44. The van der Waals surface area contributed by atoms with E-state index < -0.39 is 16.4 Å². The summed E-state index contributed by atoms with van der Waals surface area (Å²) in [4.78, 5) is 41.5. The van der Waals surface area contributed by atoms with Gasteiger partial charge in [0, 0.05) is 18.2 Å². The number of hydrogen-bond acceptors (Lipinski definition) is 4.